The fraction of sp³-hybridized carbons (Fsp3) is 0.103. The first-order chi connectivity index (χ1) is 18.4. The molecule has 2 aromatic heterocycles. The monoisotopic (exact) mass is 513 g/mol. The highest BCUT2D eigenvalue weighted by Crippen LogP contribution is 2.39. The van der Waals surface area contributed by atoms with Gasteiger partial charge in [0.25, 0.3) is 0 Å². The normalized spacial score (nSPS) is 14.5. The topological polar surface area (TPSA) is 55.1 Å². The number of carbonyl (C=O) groups is 1. The minimum absolute atomic E-state index is 0.103. The molecule has 190 valence electrons. The smallest absolute Gasteiger partial charge is 0.307 e. The number of amides is 2. The fourth-order valence-corrected chi connectivity index (χ4v) is 4.95. The Morgan fingerprint density at radius 1 is 0.921 bits per heavy atom. The van der Waals surface area contributed by atoms with Crippen molar-refractivity contribution in [1.29, 1.82) is 0 Å². The molecule has 2 amide bonds. The van der Waals surface area contributed by atoms with Crippen LogP contribution in [-0.4, -0.2) is 25.3 Å². The number of fused-ring (bicyclic) bond motifs is 3. The standard InChI is InChI=1S/C29H22F3N5O/c1-18-23-17-36(29(38)33-25-13-12-21(31)16-24(25)32)27(19-7-5-8-20(30)15-19)26-11-6-14-35(26)28(23)37(34-18)22-9-3-2-4-10-22/h2-16,27H,17H2,1H3,(H,33,38)/t27-/m0/s1. The average molecular weight is 514 g/mol. The van der Waals surface area contributed by atoms with Crippen LogP contribution in [-0.2, 0) is 6.54 Å². The molecule has 1 N–H and O–H groups in total. The van der Waals surface area contributed by atoms with Gasteiger partial charge in [0.05, 0.1) is 35.3 Å². The number of benzene rings is 3. The number of aryl methyl sites for hydroxylation is 1. The summed E-state index contributed by atoms with van der Waals surface area (Å²) in [6, 6.07) is 21.0. The van der Waals surface area contributed by atoms with E-state index >= 15 is 0 Å². The number of rotatable bonds is 3. The lowest BCUT2D eigenvalue weighted by molar-refractivity contribution is 0.194. The zero-order valence-electron chi connectivity index (χ0n) is 20.3. The van der Waals surface area contributed by atoms with E-state index in [1.807, 2.05) is 64.8 Å². The molecule has 38 heavy (non-hydrogen) atoms. The minimum atomic E-state index is -0.896. The molecule has 0 fully saturated rings. The van der Waals surface area contributed by atoms with Gasteiger partial charge in [0, 0.05) is 17.8 Å². The number of anilines is 1. The Balaban J connectivity index is 1.54. The van der Waals surface area contributed by atoms with Crippen LogP contribution in [0.3, 0.4) is 0 Å². The van der Waals surface area contributed by atoms with Crippen LogP contribution in [0, 0.1) is 24.4 Å². The molecule has 6 nitrogen and oxygen atoms in total. The van der Waals surface area contributed by atoms with Crippen LogP contribution in [0.25, 0.3) is 11.5 Å². The predicted molar refractivity (Wildman–Crippen MR) is 137 cm³/mol. The Morgan fingerprint density at radius 3 is 2.47 bits per heavy atom. The van der Waals surface area contributed by atoms with Gasteiger partial charge in [-0.25, -0.2) is 22.6 Å². The third-order valence-electron chi connectivity index (χ3n) is 6.68. The number of aromatic nitrogens is 3. The second-order valence-corrected chi connectivity index (χ2v) is 9.08. The van der Waals surface area contributed by atoms with E-state index in [1.54, 1.807) is 12.1 Å². The Morgan fingerprint density at radius 2 is 1.71 bits per heavy atom. The molecule has 5 aromatic rings. The van der Waals surface area contributed by atoms with Gasteiger partial charge in [-0.2, -0.15) is 5.10 Å². The third-order valence-corrected chi connectivity index (χ3v) is 6.68. The molecule has 0 aliphatic carbocycles. The Hall–Kier alpha value is -4.79. The molecule has 0 radical (unpaired) electrons. The zero-order chi connectivity index (χ0) is 26.4. The van der Waals surface area contributed by atoms with Gasteiger partial charge in [-0.15, -0.1) is 0 Å². The van der Waals surface area contributed by atoms with Crippen LogP contribution in [0.5, 0.6) is 0 Å². The summed E-state index contributed by atoms with van der Waals surface area (Å²) in [5, 5.41) is 7.35. The van der Waals surface area contributed by atoms with E-state index in [4.69, 9.17) is 5.10 Å². The Labute approximate surface area is 216 Å². The van der Waals surface area contributed by atoms with Crippen LogP contribution >= 0.6 is 0 Å². The molecule has 0 bridgehead atoms. The van der Waals surface area contributed by atoms with Gasteiger partial charge in [0.2, 0.25) is 0 Å². The van der Waals surface area contributed by atoms with E-state index in [0.717, 1.165) is 23.1 Å². The number of halogens is 3. The number of urea groups is 1. The van der Waals surface area contributed by atoms with Gasteiger partial charge < -0.3 is 14.8 Å². The first kappa shape index (κ1) is 23.6. The average Bonchev–Trinajstić information content (AvgIpc) is 3.46. The van der Waals surface area contributed by atoms with Crippen molar-refractivity contribution >= 4 is 11.7 Å². The van der Waals surface area contributed by atoms with Gasteiger partial charge in [0.15, 0.2) is 0 Å². The molecule has 1 aliphatic heterocycles. The second-order valence-electron chi connectivity index (χ2n) is 9.08. The van der Waals surface area contributed by atoms with Crippen molar-refractivity contribution in [3.63, 3.8) is 0 Å². The summed E-state index contributed by atoms with van der Waals surface area (Å²) in [4.78, 5) is 15.3. The van der Waals surface area contributed by atoms with Crippen molar-refractivity contribution in [2.24, 2.45) is 0 Å². The number of carbonyl (C=O) groups excluding carboxylic acids is 1. The molecular weight excluding hydrogens is 491 g/mol. The zero-order valence-corrected chi connectivity index (χ0v) is 20.3. The second kappa shape index (κ2) is 9.26. The summed E-state index contributed by atoms with van der Waals surface area (Å²) in [6.07, 6.45) is 1.88. The highest BCUT2D eigenvalue weighted by atomic mass is 19.1. The molecule has 0 unspecified atom stereocenters. The van der Waals surface area contributed by atoms with Crippen LogP contribution in [0.4, 0.5) is 23.7 Å². The number of hydrogen-bond donors (Lipinski definition) is 1. The van der Waals surface area contributed by atoms with Crippen LogP contribution in [0.1, 0.15) is 28.6 Å². The van der Waals surface area contributed by atoms with Crippen molar-refractivity contribution in [3.05, 3.63) is 131 Å². The van der Waals surface area contributed by atoms with Crippen molar-refractivity contribution < 1.29 is 18.0 Å². The maximum absolute atomic E-state index is 14.5. The van der Waals surface area contributed by atoms with E-state index in [0.29, 0.717) is 23.0 Å². The van der Waals surface area contributed by atoms with Crippen molar-refractivity contribution in [1.82, 2.24) is 19.2 Å². The molecular formula is C29H22F3N5O. The lowest BCUT2D eigenvalue weighted by Crippen LogP contribution is -2.38. The van der Waals surface area contributed by atoms with E-state index in [2.05, 4.69) is 5.32 Å². The highest BCUT2D eigenvalue weighted by Gasteiger charge is 2.36. The lowest BCUT2D eigenvalue weighted by atomic mass is 10.0. The summed E-state index contributed by atoms with van der Waals surface area (Å²) in [7, 11) is 0. The van der Waals surface area contributed by atoms with E-state index in [9.17, 15) is 18.0 Å². The molecule has 9 heteroatoms. The largest absolute Gasteiger partial charge is 0.323 e. The maximum Gasteiger partial charge on any atom is 0.323 e. The third kappa shape index (κ3) is 4.02. The fourth-order valence-electron chi connectivity index (χ4n) is 4.95. The van der Waals surface area contributed by atoms with Crippen LogP contribution in [0.15, 0.2) is 91.1 Å². The first-order valence-electron chi connectivity index (χ1n) is 12.0. The molecule has 3 aromatic carbocycles. The van der Waals surface area contributed by atoms with Gasteiger partial charge in [0.1, 0.15) is 23.3 Å². The van der Waals surface area contributed by atoms with Gasteiger partial charge in [-0.05, 0) is 61.0 Å². The van der Waals surface area contributed by atoms with Crippen LogP contribution < -0.4 is 5.32 Å². The first-order valence-corrected chi connectivity index (χ1v) is 12.0. The Bertz CT molecular complexity index is 1660. The molecule has 0 spiro atoms. The van der Waals surface area contributed by atoms with Crippen molar-refractivity contribution in [2.75, 3.05) is 5.32 Å². The summed E-state index contributed by atoms with van der Waals surface area (Å²) in [5.74, 6) is -1.34. The SMILES string of the molecule is Cc1nn(-c2ccccc2)c2c1CN(C(=O)Nc1ccc(F)cc1F)[C@@H](c1cccc(F)c1)c1cccn1-2. The Kier molecular flexibility index (Phi) is 5.75. The predicted octanol–water partition coefficient (Wildman–Crippen LogP) is 6.53. The molecule has 1 atom stereocenters. The lowest BCUT2D eigenvalue weighted by Gasteiger charge is -2.31. The molecule has 0 saturated heterocycles. The van der Waals surface area contributed by atoms with Crippen molar-refractivity contribution in [2.45, 2.75) is 19.5 Å². The summed E-state index contributed by atoms with van der Waals surface area (Å²) in [6.45, 7) is 1.96. The van der Waals surface area contributed by atoms with E-state index < -0.39 is 29.5 Å². The van der Waals surface area contributed by atoms with Gasteiger partial charge in [-0.3, -0.25) is 0 Å². The number of nitrogens with one attached hydrogen (secondary N) is 1. The number of nitrogens with zero attached hydrogens (tertiary/aromatic N) is 4. The molecule has 3 heterocycles. The van der Waals surface area contributed by atoms with E-state index in [-0.39, 0.29) is 12.2 Å². The van der Waals surface area contributed by atoms with Crippen LogP contribution in [0.2, 0.25) is 0 Å². The number of para-hydroxylation sites is 1. The van der Waals surface area contributed by atoms with Gasteiger partial charge in [-0.1, -0.05) is 30.3 Å². The minimum Gasteiger partial charge on any atom is -0.307 e. The molecule has 6 rings (SSSR count). The van der Waals surface area contributed by atoms with Gasteiger partial charge >= 0.3 is 6.03 Å². The highest BCUT2D eigenvalue weighted by molar-refractivity contribution is 5.90. The maximum atomic E-state index is 14.5. The summed E-state index contributed by atoms with van der Waals surface area (Å²) >= 11 is 0. The molecule has 0 saturated carbocycles. The summed E-state index contributed by atoms with van der Waals surface area (Å²) < 4.78 is 46.1. The van der Waals surface area contributed by atoms with E-state index in [1.165, 1.54) is 23.1 Å². The number of hydrogen-bond acceptors (Lipinski definition) is 2. The quantitative estimate of drug-likeness (QED) is 0.298. The van der Waals surface area contributed by atoms with Crippen molar-refractivity contribution in [3.8, 4) is 11.5 Å². The summed E-state index contributed by atoms with van der Waals surface area (Å²) in [5.41, 5.74) is 3.40. The molecule has 1 aliphatic rings.